The molecule has 0 unspecified atom stereocenters. The molecule has 0 atom stereocenters. The zero-order valence-corrected chi connectivity index (χ0v) is 13.1. The van der Waals surface area contributed by atoms with Gasteiger partial charge in [-0.25, -0.2) is 4.79 Å². The molecule has 0 saturated carbocycles. The highest BCUT2D eigenvalue weighted by Crippen LogP contribution is 1.88. The molecule has 6 nitrogen and oxygen atoms in total. The molecule has 0 bridgehead atoms. The maximum absolute atomic E-state index is 12.1. The fourth-order valence-corrected chi connectivity index (χ4v) is 2.09. The number of rotatable bonds is 11. The van der Waals surface area contributed by atoms with Crippen LogP contribution in [-0.4, -0.2) is 35.4 Å². The van der Waals surface area contributed by atoms with Gasteiger partial charge in [-0.05, 0) is 32.7 Å². The predicted octanol–water partition coefficient (Wildman–Crippen LogP) is 0.826. The number of unbranched alkanes of at least 4 members (excludes halogenated alkanes) is 1. The van der Waals surface area contributed by atoms with Crippen molar-refractivity contribution in [3.63, 3.8) is 0 Å². The van der Waals surface area contributed by atoms with Crippen LogP contribution < -0.4 is 16.6 Å². The molecule has 0 fully saturated rings. The van der Waals surface area contributed by atoms with Gasteiger partial charge < -0.3 is 14.6 Å². The second-order valence-electron chi connectivity index (χ2n) is 4.94. The Morgan fingerprint density at radius 1 is 1.14 bits per heavy atom. The normalized spacial score (nSPS) is 11.0. The Hall–Kier alpha value is -1.40. The molecule has 0 saturated heterocycles. The smallest absolute Gasteiger partial charge is 0.331 e. The highest BCUT2D eigenvalue weighted by molar-refractivity contribution is 4.86. The third kappa shape index (κ3) is 6.27. The number of hydrogen-bond donors (Lipinski definition) is 1. The summed E-state index contributed by atoms with van der Waals surface area (Å²) in [4.78, 5) is 23.8. The molecule has 1 N–H and O–H groups in total. The largest absolute Gasteiger partial charge is 0.382 e. The Morgan fingerprint density at radius 2 is 1.95 bits per heavy atom. The standard InChI is InChI=1S/C15H27N3O3/c1-3-10-17-11-7-14(19)18(15(17)20)12-9-16-8-5-6-13-21-4-2/h7,11,16H,3-6,8-10,12-13H2,1-2H3. The van der Waals surface area contributed by atoms with Crippen LogP contribution in [-0.2, 0) is 17.8 Å². The summed E-state index contributed by atoms with van der Waals surface area (Å²) in [5, 5.41) is 3.25. The summed E-state index contributed by atoms with van der Waals surface area (Å²) in [6.45, 7) is 8.09. The summed E-state index contributed by atoms with van der Waals surface area (Å²) in [6.07, 6.45) is 4.50. The van der Waals surface area contributed by atoms with E-state index in [1.807, 2.05) is 13.8 Å². The van der Waals surface area contributed by atoms with Crippen LogP contribution in [0.3, 0.4) is 0 Å². The minimum atomic E-state index is -0.231. The molecule has 0 aliphatic carbocycles. The Balaban J connectivity index is 2.36. The Labute approximate surface area is 125 Å². The van der Waals surface area contributed by atoms with E-state index in [0.717, 1.165) is 39.0 Å². The van der Waals surface area contributed by atoms with Gasteiger partial charge in [0, 0.05) is 45.1 Å². The summed E-state index contributed by atoms with van der Waals surface area (Å²) < 4.78 is 8.14. The van der Waals surface area contributed by atoms with E-state index in [1.54, 1.807) is 10.8 Å². The fraction of sp³-hybridized carbons (Fsp3) is 0.733. The van der Waals surface area contributed by atoms with E-state index >= 15 is 0 Å². The van der Waals surface area contributed by atoms with Crippen LogP contribution in [0.5, 0.6) is 0 Å². The number of ether oxygens (including phenoxy) is 1. The maximum atomic E-state index is 12.1. The fourth-order valence-electron chi connectivity index (χ4n) is 2.09. The van der Waals surface area contributed by atoms with Crippen molar-refractivity contribution in [2.45, 2.75) is 46.2 Å². The first kappa shape index (κ1) is 17.7. The van der Waals surface area contributed by atoms with Gasteiger partial charge in [0.05, 0.1) is 0 Å². The van der Waals surface area contributed by atoms with Gasteiger partial charge in [0.15, 0.2) is 0 Å². The van der Waals surface area contributed by atoms with Gasteiger partial charge in [0.25, 0.3) is 5.56 Å². The molecule has 0 aromatic carbocycles. The van der Waals surface area contributed by atoms with Crippen molar-refractivity contribution in [3.8, 4) is 0 Å². The van der Waals surface area contributed by atoms with E-state index in [9.17, 15) is 9.59 Å². The van der Waals surface area contributed by atoms with Crippen molar-refractivity contribution >= 4 is 0 Å². The number of nitrogens with one attached hydrogen (secondary N) is 1. The van der Waals surface area contributed by atoms with Crippen LogP contribution in [0.25, 0.3) is 0 Å². The lowest BCUT2D eigenvalue weighted by Gasteiger charge is -2.09. The molecule has 120 valence electrons. The average molecular weight is 297 g/mol. The quantitative estimate of drug-likeness (QED) is 0.614. The van der Waals surface area contributed by atoms with Crippen molar-refractivity contribution in [2.24, 2.45) is 0 Å². The van der Waals surface area contributed by atoms with Crippen molar-refractivity contribution in [3.05, 3.63) is 33.1 Å². The molecule has 0 radical (unpaired) electrons. The van der Waals surface area contributed by atoms with Crippen molar-refractivity contribution < 1.29 is 4.74 Å². The average Bonchev–Trinajstić information content (AvgIpc) is 2.48. The van der Waals surface area contributed by atoms with Gasteiger partial charge >= 0.3 is 5.69 Å². The highest BCUT2D eigenvalue weighted by atomic mass is 16.5. The van der Waals surface area contributed by atoms with E-state index in [-0.39, 0.29) is 11.2 Å². The monoisotopic (exact) mass is 297 g/mol. The van der Waals surface area contributed by atoms with Crippen molar-refractivity contribution in [1.29, 1.82) is 0 Å². The Morgan fingerprint density at radius 3 is 2.67 bits per heavy atom. The summed E-state index contributed by atoms with van der Waals surface area (Å²) >= 11 is 0. The number of aryl methyl sites for hydroxylation is 1. The second kappa shape index (κ2) is 10.3. The molecule has 0 amide bonds. The lowest BCUT2D eigenvalue weighted by atomic mass is 10.3. The van der Waals surface area contributed by atoms with Gasteiger partial charge in [-0.15, -0.1) is 0 Å². The predicted molar refractivity (Wildman–Crippen MR) is 83.8 cm³/mol. The SMILES string of the molecule is CCCn1ccc(=O)n(CCNCCCCOCC)c1=O. The molecule has 21 heavy (non-hydrogen) atoms. The van der Waals surface area contributed by atoms with Crippen molar-refractivity contribution in [2.75, 3.05) is 26.3 Å². The second-order valence-corrected chi connectivity index (χ2v) is 4.94. The maximum Gasteiger partial charge on any atom is 0.331 e. The van der Waals surface area contributed by atoms with Crippen LogP contribution in [0.4, 0.5) is 0 Å². The van der Waals surface area contributed by atoms with Gasteiger partial charge in [-0.2, -0.15) is 0 Å². The molecule has 1 rings (SSSR count). The minimum Gasteiger partial charge on any atom is -0.382 e. The van der Waals surface area contributed by atoms with Gasteiger partial charge in [-0.1, -0.05) is 6.92 Å². The zero-order valence-electron chi connectivity index (χ0n) is 13.1. The molecule has 0 aliphatic heterocycles. The molecule has 1 heterocycles. The van der Waals surface area contributed by atoms with Gasteiger partial charge in [0.2, 0.25) is 0 Å². The molecule has 0 spiro atoms. The topological polar surface area (TPSA) is 65.3 Å². The lowest BCUT2D eigenvalue weighted by Crippen LogP contribution is -2.41. The van der Waals surface area contributed by atoms with Crippen LogP contribution >= 0.6 is 0 Å². The Kier molecular flexibility index (Phi) is 8.69. The molecule has 6 heteroatoms. The molecule has 1 aromatic rings. The molecule has 0 aliphatic rings. The first-order chi connectivity index (χ1) is 10.2. The Bertz CT molecular complexity index is 508. The minimum absolute atomic E-state index is 0.220. The molecular formula is C15H27N3O3. The highest BCUT2D eigenvalue weighted by Gasteiger charge is 2.03. The first-order valence-corrected chi connectivity index (χ1v) is 7.79. The van der Waals surface area contributed by atoms with E-state index in [4.69, 9.17) is 4.74 Å². The van der Waals surface area contributed by atoms with Crippen molar-refractivity contribution in [1.82, 2.24) is 14.5 Å². The third-order valence-corrected chi connectivity index (χ3v) is 3.21. The van der Waals surface area contributed by atoms with Crippen LogP contribution in [0.1, 0.15) is 33.1 Å². The number of hydrogen-bond acceptors (Lipinski definition) is 4. The van der Waals surface area contributed by atoms with Crippen LogP contribution in [0.2, 0.25) is 0 Å². The van der Waals surface area contributed by atoms with Gasteiger partial charge in [-0.3, -0.25) is 9.36 Å². The van der Waals surface area contributed by atoms with E-state index in [1.165, 1.54) is 10.6 Å². The zero-order chi connectivity index (χ0) is 15.5. The lowest BCUT2D eigenvalue weighted by molar-refractivity contribution is 0.143. The first-order valence-electron chi connectivity index (χ1n) is 7.79. The van der Waals surface area contributed by atoms with E-state index in [2.05, 4.69) is 5.32 Å². The van der Waals surface area contributed by atoms with E-state index < -0.39 is 0 Å². The third-order valence-electron chi connectivity index (χ3n) is 3.21. The number of nitrogens with zero attached hydrogens (tertiary/aromatic N) is 2. The van der Waals surface area contributed by atoms with Crippen LogP contribution in [0, 0.1) is 0 Å². The summed E-state index contributed by atoms with van der Waals surface area (Å²) in [7, 11) is 0. The van der Waals surface area contributed by atoms with Crippen LogP contribution in [0.15, 0.2) is 21.9 Å². The summed E-state index contributed by atoms with van der Waals surface area (Å²) in [5.74, 6) is 0. The molecular weight excluding hydrogens is 270 g/mol. The van der Waals surface area contributed by atoms with Gasteiger partial charge in [0.1, 0.15) is 0 Å². The summed E-state index contributed by atoms with van der Waals surface area (Å²) in [6, 6.07) is 1.46. The number of aromatic nitrogens is 2. The van der Waals surface area contributed by atoms with E-state index in [0.29, 0.717) is 19.6 Å². The summed E-state index contributed by atoms with van der Waals surface area (Å²) in [5.41, 5.74) is -0.451. The molecule has 1 aromatic heterocycles.